The molecule has 5 atom stereocenters. The molecule has 10 heteroatoms. The number of Topliss-reactive ketones (excluding diaryl/α,β-unsaturated/α-hetero) is 4. The van der Waals surface area contributed by atoms with Gasteiger partial charge >= 0.3 is 0 Å². The van der Waals surface area contributed by atoms with Crippen molar-refractivity contribution in [3.8, 4) is 22.6 Å². The molecule has 38 heavy (non-hydrogen) atoms. The molecule has 2 unspecified atom stereocenters. The lowest BCUT2D eigenvalue weighted by Crippen LogP contribution is -2.68. The molecule has 0 heterocycles. The zero-order valence-electron chi connectivity index (χ0n) is 20.7. The van der Waals surface area contributed by atoms with Crippen molar-refractivity contribution in [1.29, 1.82) is 0 Å². The van der Waals surface area contributed by atoms with Crippen LogP contribution < -0.4 is 16.2 Å². The molecule has 10 nitrogen and oxygen atoms in total. The predicted molar refractivity (Wildman–Crippen MR) is 133 cm³/mol. The number of ketones is 4. The minimum Gasteiger partial charge on any atom is -0.507 e. The van der Waals surface area contributed by atoms with Crippen LogP contribution in [-0.2, 0) is 32.1 Å². The maximum absolute atomic E-state index is 13.7. The monoisotopic (exact) mass is 520 g/mol. The van der Waals surface area contributed by atoms with Gasteiger partial charge in [0, 0.05) is 24.4 Å². The lowest BCUT2D eigenvalue weighted by Gasteiger charge is -2.48. The Labute approximate surface area is 217 Å². The molecule has 2 aromatic rings. The summed E-state index contributed by atoms with van der Waals surface area (Å²) in [5.74, 6) is -9.71. The van der Waals surface area contributed by atoms with E-state index >= 15 is 0 Å². The number of phenols is 1. The number of aromatic hydroxyl groups is 1. The summed E-state index contributed by atoms with van der Waals surface area (Å²) in [5, 5.41) is 22.0. The zero-order chi connectivity index (χ0) is 27.5. The van der Waals surface area contributed by atoms with E-state index in [1.807, 2.05) is 19.1 Å². The summed E-state index contributed by atoms with van der Waals surface area (Å²) in [6, 6.07) is 8.50. The highest BCUT2D eigenvalue weighted by atomic mass is 16.5. The van der Waals surface area contributed by atoms with E-state index in [4.69, 9.17) is 16.2 Å². The van der Waals surface area contributed by atoms with Gasteiger partial charge in [-0.1, -0.05) is 12.1 Å². The molecule has 0 aromatic heterocycles. The van der Waals surface area contributed by atoms with Crippen LogP contribution in [0.25, 0.3) is 11.1 Å². The maximum atomic E-state index is 13.7. The van der Waals surface area contributed by atoms with E-state index in [1.54, 1.807) is 12.1 Å². The Morgan fingerprint density at radius 2 is 1.84 bits per heavy atom. The van der Waals surface area contributed by atoms with Crippen LogP contribution in [0.5, 0.6) is 11.5 Å². The number of primary amides is 1. The number of phenolic OH excluding ortho intramolecular Hbond substituents is 1. The van der Waals surface area contributed by atoms with Crippen molar-refractivity contribution in [3.63, 3.8) is 0 Å². The van der Waals surface area contributed by atoms with Gasteiger partial charge in [-0.25, -0.2) is 0 Å². The predicted octanol–water partition coefficient (Wildman–Crippen LogP) is 0.851. The normalized spacial score (nSPS) is 28.4. The number of hydrogen-bond donors (Lipinski definition) is 4. The van der Waals surface area contributed by atoms with Gasteiger partial charge in [-0.05, 0) is 60.6 Å². The first-order valence-electron chi connectivity index (χ1n) is 12.5. The number of amides is 1. The Hall–Kier alpha value is -3.89. The summed E-state index contributed by atoms with van der Waals surface area (Å²) in [4.78, 5) is 64.7. The molecule has 5 rings (SSSR count). The average molecular weight is 521 g/mol. The Balaban J connectivity index is 1.59. The zero-order valence-corrected chi connectivity index (χ0v) is 20.7. The first kappa shape index (κ1) is 25.7. The van der Waals surface area contributed by atoms with Gasteiger partial charge in [0.15, 0.2) is 34.7 Å². The van der Waals surface area contributed by atoms with Gasteiger partial charge in [-0.2, -0.15) is 0 Å². The molecule has 0 aliphatic heterocycles. The van der Waals surface area contributed by atoms with E-state index in [0.29, 0.717) is 23.5 Å². The highest BCUT2D eigenvalue weighted by Crippen LogP contribution is 2.51. The smallest absolute Gasteiger partial charge is 0.235 e. The molecule has 2 aromatic carbocycles. The standard InChI is InChI=1S/C28H28N2O8/c1-2-38-20-6-3-12(7-14(20)11-29)16-4-5-18(31)22-17(16)9-13-8-15-10-19(32)23(27(30)36)26(35)28(15,37)25(34)21(13)24(22)33/h3-7,13,15,21,23,31,37H,2,8-11,29H2,1H3,(H2,30,36)/t13-,15+,21?,23?,28+/m1/s1. The number of hydrogen-bond acceptors (Lipinski definition) is 9. The van der Waals surface area contributed by atoms with Crippen LogP contribution in [0.4, 0.5) is 0 Å². The number of ether oxygens (including phenoxy) is 1. The summed E-state index contributed by atoms with van der Waals surface area (Å²) in [7, 11) is 0. The average Bonchev–Trinajstić information content (AvgIpc) is 2.86. The summed E-state index contributed by atoms with van der Waals surface area (Å²) in [6.45, 7) is 2.54. The lowest BCUT2D eigenvalue weighted by atomic mass is 9.53. The molecule has 2 fully saturated rings. The van der Waals surface area contributed by atoms with Crippen LogP contribution in [0.2, 0.25) is 0 Å². The fraction of sp³-hybridized carbons (Fsp3) is 0.393. The quantitative estimate of drug-likeness (QED) is 0.415. The van der Waals surface area contributed by atoms with E-state index in [9.17, 15) is 34.2 Å². The van der Waals surface area contributed by atoms with E-state index in [1.165, 1.54) is 6.07 Å². The van der Waals surface area contributed by atoms with Crippen LogP contribution in [-0.4, -0.2) is 51.5 Å². The third kappa shape index (κ3) is 3.58. The molecule has 0 spiro atoms. The molecule has 198 valence electrons. The minimum atomic E-state index is -2.67. The molecule has 3 aliphatic carbocycles. The molecular formula is C28H28N2O8. The number of benzene rings is 2. The fourth-order valence-corrected chi connectivity index (χ4v) is 6.44. The van der Waals surface area contributed by atoms with Crippen LogP contribution in [0.15, 0.2) is 30.3 Å². The molecule has 0 bridgehead atoms. The number of carbonyl (C=O) groups is 5. The van der Waals surface area contributed by atoms with E-state index in [0.717, 1.165) is 11.1 Å². The van der Waals surface area contributed by atoms with Gasteiger partial charge in [0.25, 0.3) is 0 Å². The maximum Gasteiger partial charge on any atom is 0.235 e. The molecule has 1 amide bonds. The number of rotatable bonds is 5. The van der Waals surface area contributed by atoms with E-state index < -0.39 is 58.3 Å². The van der Waals surface area contributed by atoms with Gasteiger partial charge in [0.1, 0.15) is 11.5 Å². The van der Waals surface area contributed by atoms with Crippen LogP contribution in [0.3, 0.4) is 0 Å². The largest absolute Gasteiger partial charge is 0.507 e. The molecule has 6 N–H and O–H groups in total. The number of carbonyl (C=O) groups excluding carboxylic acids is 5. The second-order valence-electron chi connectivity index (χ2n) is 10.2. The summed E-state index contributed by atoms with van der Waals surface area (Å²) < 4.78 is 5.63. The third-order valence-electron chi connectivity index (χ3n) is 8.18. The molecule has 2 saturated carbocycles. The number of aliphatic hydroxyl groups is 1. The summed E-state index contributed by atoms with van der Waals surface area (Å²) in [5.41, 5.74) is 11.1. The van der Waals surface area contributed by atoms with E-state index in [2.05, 4.69) is 0 Å². The Kier molecular flexibility index (Phi) is 6.19. The topological polar surface area (TPSA) is 187 Å². The highest BCUT2D eigenvalue weighted by molar-refractivity contribution is 6.31. The molecule has 0 radical (unpaired) electrons. The Bertz CT molecular complexity index is 1420. The second-order valence-corrected chi connectivity index (χ2v) is 10.2. The SMILES string of the molecule is CCOc1ccc(-c2ccc(O)c3c2C[C@H]2C[C@H]4CC(=O)C(C(N)=O)C(=O)[C@@]4(O)C(=O)C2C3=O)cc1CN. The van der Waals surface area contributed by atoms with Crippen LogP contribution >= 0.6 is 0 Å². The minimum absolute atomic E-state index is 0.0352. The van der Waals surface area contributed by atoms with Gasteiger partial charge in [-0.15, -0.1) is 0 Å². The van der Waals surface area contributed by atoms with Crippen molar-refractivity contribution >= 4 is 29.0 Å². The Morgan fingerprint density at radius 1 is 1.11 bits per heavy atom. The van der Waals surface area contributed by atoms with Crippen molar-refractivity contribution in [3.05, 3.63) is 47.0 Å². The van der Waals surface area contributed by atoms with Gasteiger partial charge in [0.2, 0.25) is 5.91 Å². The number of fused-ring (bicyclic) bond motifs is 3. The van der Waals surface area contributed by atoms with Crippen molar-refractivity contribution < 1.29 is 38.9 Å². The van der Waals surface area contributed by atoms with Crippen molar-refractivity contribution in [2.24, 2.45) is 35.1 Å². The fourth-order valence-electron chi connectivity index (χ4n) is 6.44. The molecule has 3 aliphatic rings. The first-order chi connectivity index (χ1) is 18.0. The number of nitrogens with two attached hydrogens (primary N) is 2. The lowest BCUT2D eigenvalue weighted by molar-refractivity contribution is -0.175. The van der Waals surface area contributed by atoms with Gasteiger partial charge in [0.05, 0.1) is 18.1 Å². The summed E-state index contributed by atoms with van der Waals surface area (Å²) in [6.07, 6.45) is -0.147. The second kappa shape index (κ2) is 9.14. The van der Waals surface area contributed by atoms with E-state index in [-0.39, 0.29) is 37.1 Å². The van der Waals surface area contributed by atoms with Gasteiger partial charge in [-0.3, -0.25) is 24.0 Å². The van der Waals surface area contributed by atoms with Crippen molar-refractivity contribution in [2.45, 2.75) is 38.3 Å². The highest BCUT2D eigenvalue weighted by Gasteiger charge is 2.66. The first-order valence-corrected chi connectivity index (χ1v) is 12.5. The molecular weight excluding hydrogens is 492 g/mol. The van der Waals surface area contributed by atoms with Crippen molar-refractivity contribution in [2.75, 3.05) is 6.61 Å². The molecule has 0 saturated heterocycles. The third-order valence-corrected chi connectivity index (χ3v) is 8.18. The summed E-state index contributed by atoms with van der Waals surface area (Å²) >= 11 is 0. The van der Waals surface area contributed by atoms with Crippen LogP contribution in [0.1, 0.15) is 41.3 Å². The van der Waals surface area contributed by atoms with Gasteiger partial charge < -0.3 is 26.4 Å². The van der Waals surface area contributed by atoms with Crippen molar-refractivity contribution in [1.82, 2.24) is 0 Å². The Morgan fingerprint density at radius 3 is 2.50 bits per heavy atom. The van der Waals surface area contributed by atoms with Crippen LogP contribution in [0, 0.1) is 23.7 Å².